The molecule has 0 aliphatic carbocycles. The number of hydrogen-bond donors (Lipinski definition) is 1. The average Bonchev–Trinajstić information content (AvgIpc) is 2.37. The van der Waals surface area contributed by atoms with Crippen LogP contribution < -0.4 is 5.32 Å². The van der Waals surface area contributed by atoms with Crippen molar-refractivity contribution in [2.45, 2.75) is 46.1 Å². The first kappa shape index (κ1) is 19.4. The van der Waals surface area contributed by atoms with Crippen molar-refractivity contribution in [2.75, 3.05) is 26.4 Å². The smallest absolute Gasteiger partial charge is 0.407 e. The predicted octanol–water partition coefficient (Wildman–Crippen LogP) is 2.43. The summed E-state index contributed by atoms with van der Waals surface area (Å²) in [7, 11) is 0. The zero-order valence-corrected chi connectivity index (χ0v) is 13.5. The number of esters is 1. The van der Waals surface area contributed by atoms with Gasteiger partial charge >= 0.3 is 12.1 Å². The van der Waals surface area contributed by atoms with Crippen LogP contribution in [0, 0.1) is 0 Å². The van der Waals surface area contributed by atoms with Crippen molar-refractivity contribution in [3.8, 4) is 0 Å². The third-order valence-electron chi connectivity index (χ3n) is 2.59. The fourth-order valence-electron chi connectivity index (χ4n) is 1.35. The highest BCUT2D eigenvalue weighted by molar-refractivity contribution is 5.86. The lowest BCUT2D eigenvalue weighted by Crippen LogP contribution is -2.36. The van der Waals surface area contributed by atoms with Crippen LogP contribution in [-0.2, 0) is 19.0 Å². The van der Waals surface area contributed by atoms with Crippen LogP contribution in [-0.4, -0.2) is 44.0 Å². The van der Waals surface area contributed by atoms with E-state index in [1.807, 2.05) is 20.8 Å². The molecule has 0 aromatic heterocycles. The maximum absolute atomic E-state index is 11.6. The zero-order chi connectivity index (χ0) is 16.3. The quantitative estimate of drug-likeness (QED) is 0.381. The minimum Gasteiger partial charge on any atom is -0.462 e. The van der Waals surface area contributed by atoms with Crippen molar-refractivity contribution < 1.29 is 23.8 Å². The Morgan fingerprint density at radius 1 is 1.24 bits per heavy atom. The van der Waals surface area contributed by atoms with E-state index in [1.165, 1.54) is 0 Å². The number of carbonyl (C=O) groups excluding carboxylic acids is 2. The zero-order valence-electron chi connectivity index (χ0n) is 13.5. The summed E-state index contributed by atoms with van der Waals surface area (Å²) in [6.45, 7) is 12.5. The fourth-order valence-corrected chi connectivity index (χ4v) is 1.35. The van der Waals surface area contributed by atoms with E-state index >= 15 is 0 Å². The van der Waals surface area contributed by atoms with Gasteiger partial charge in [-0.2, -0.15) is 0 Å². The SMILES string of the molecule is C=C(C)C(=O)OCCCNC(=O)OC(C)(C)CCOCC. The van der Waals surface area contributed by atoms with Crippen molar-refractivity contribution in [3.05, 3.63) is 12.2 Å². The molecule has 0 aliphatic heterocycles. The lowest BCUT2D eigenvalue weighted by Gasteiger charge is -2.25. The van der Waals surface area contributed by atoms with Crippen LogP contribution in [0.2, 0.25) is 0 Å². The van der Waals surface area contributed by atoms with Crippen LogP contribution >= 0.6 is 0 Å². The van der Waals surface area contributed by atoms with Crippen molar-refractivity contribution in [3.63, 3.8) is 0 Å². The number of nitrogens with one attached hydrogen (secondary N) is 1. The number of carbonyl (C=O) groups is 2. The molecule has 0 aromatic carbocycles. The van der Waals surface area contributed by atoms with Gasteiger partial charge in [-0.05, 0) is 34.1 Å². The number of amides is 1. The summed E-state index contributed by atoms with van der Waals surface area (Å²) in [5, 5.41) is 2.62. The van der Waals surface area contributed by atoms with Crippen LogP contribution in [0.15, 0.2) is 12.2 Å². The minimum absolute atomic E-state index is 0.236. The second-order valence-electron chi connectivity index (χ2n) is 5.29. The Labute approximate surface area is 126 Å². The van der Waals surface area contributed by atoms with Gasteiger partial charge < -0.3 is 19.5 Å². The highest BCUT2D eigenvalue weighted by Crippen LogP contribution is 2.14. The largest absolute Gasteiger partial charge is 0.462 e. The second-order valence-corrected chi connectivity index (χ2v) is 5.29. The summed E-state index contributed by atoms with van der Waals surface area (Å²) < 4.78 is 15.4. The lowest BCUT2D eigenvalue weighted by atomic mass is 10.1. The molecule has 0 rings (SSSR count). The van der Waals surface area contributed by atoms with Gasteiger partial charge in [0.2, 0.25) is 0 Å². The van der Waals surface area contributed by atoms with Crippen LogP contribution in [0.5, 0.6) is 0 Å². The summed E-state index contributed by atoms with van der Waals surface area (Å²) in [5.41, 5.74) is -0.218. The molecule has 6 nitrogen and oxygen atoms in total. The maximum Gasteiger partial charge on any atom is 0.407 e. The molecule has 0 saturated carbocycles. The molecule has 6 heteroatoms. The first-order valence-corrected chi connectivity index (χ1v) is 7.15. The van der Waals surface area contributed by atoms with Gasteiger partial charge in [-0.25, -0.2) is 9.59 Å². The van der Waals surface area contributed by atoms with Gasteiger partial charge in [-0.15, -0.1) is 0 Å². The minimum atomic E-state index is -0.578. The second kappa shape index (κ2) is 10.2. The fraction of sp³-hybridized carbons (Fsp3) is 0.733. The molecule has 122 valence electrons. The highest BCUT2D eigenvalue weighted by Gasteiger charge is 2.22. The van der Waals surface area contributed by atoms with E-state index in [9.17, 15) is 9.59 Å². The molecule has 0 saturated heterocycles. The summed E-state index contributed by atoms with van der Waals surface area (Å²) in [6, 6.07) is 0. The Morgan fingerprint density at radius 2 is 1.90 bits per heavy atom. The topological polar surface area (TPSA) is 73.9 Å². The van der Waals surface area contributed by atoms with Crippen molar-refractivity contribution in [1.82, 2.24) is 5.32 Å². The first-order chi connectivity index (χ1) is 9.78. The van der Waals surface area contributed by atoms with Crippen LogP contribution in [0.25, 0.3) is 0 Å². The molecule has 0 heterocycles. The van der Waals surface area contributed by atoms with Gasteiger partial charge in [0, 0.05) is 25.1 Å². The number of hydrogen-bond acceptors (Lipinski definition) is 5. The molecular formula is C15H27NO5. The van der Waals surface area contributed by atoms with Gasteiger partial charge in [-0.1, -0.05) is 6.58 Å². The average molecular weight is 301 g/mol. The number of rotatable bonds is 10. The molecule has 0 bridgehead atoms. The lowest BCUT2D eigenvalue weighted by molar-refractivity contribution is -0.138. The third-order valence-corrected chi connectivity index (χ3v) is 2.59. The molecule has 0 aliphatic rings. The molecule has 0 atom stereocenters. The van der Waals surface area contributed by atoms with Gasteiger partial charge in [0.1, 0.15) is 5.60 Å². The molecule has 1 amide bonds. The Morgan fingerprint density at radius 3 is 2.48 bits per heavy atom. The van der Waals surface area contributed by atoms with Gasteiger partial charge in [-0.3, -0.25) is 0 Å². The Hall–Kier alpha value is -1.56. The number of alkyl carbamates (subject to hydrolysis) is 1. The monoisotopic (exact) mass is 301 g/mol. The molecule has 0 unspecified atom stereocenters. The van der Waals surface area contributed by atoms with E-state index in [1.54, 1.807) is 6.92 Å². The number of ether oxygens (including phenoxy) is 3. The van der Waals surface area contributed by atoms with Crippen molar-refractivity contribution in [1.29, 1.82) is 0 Å². The van der Waals surface area contributed by atoms with Crippen LogP contribution in [0.1, 0.15) is 40.5 Å². The van der Waals surface area contributed by atoms with Crippen molar-refractivity contribution >= 4 is 12.1 Å². The molecule has 0 fully saturated rings. The molecular weight excluding hydrogens is 274 g/mol. The van der Waals surface area contributed by atoms with Gasteiger partial charge in [0.25, 0.3) is 0 Å². The van der Waals surface area contributed by atoms with E-state index in [0.29, 0.717) is 38.2 Å². The highest BCUT2D eigenvalue weighted by atomic mass is 16.6. The molecule has 0 aromatic rings. The summed E-state index contributed by atoms with van der Waals surface area (Å²) in [5.74, 6) is -0.422. The molecule has 21 heavy (non-hydrogen) atoms. The Balaban J connectivity index is 3.74. The first-order valence-electron chi connectivity index (χ1n) is 7.15. The van der Waals surface area contributed by atoms with Gasteiger partial charge in [0.15, 0.2) is 0 Å². The third kappa shape index (κ3) is 10.8. The summed E-state index contributed by atoms with van der Waals surface area (Å²) in [6.07, 6.45) is 0.667. The van der Waals surface area contributed by atoms with Crippen molar-refractivity contribution in [2.24, 2.45) is 0 Å². The molecule has 0 spiro atoms. The summed E-state index contributed by atoms with van der Waals surface area (Å²) in [4.78, 5) is 22.7. The maximum atomic E-state index is 11.6. The van der Waals surface area contributed by atoms with Gasteiger partial charge in [0.05, 0.1) is 13.2 Å². The van der Waals surface area contributed by atoms with E-state index in [2.05, 4.69) is 11.9 Å². The molecule has 1 N–H and O–H groups in total. The predicted molar refractivity (Wildman–Crippen MR) is 80.1 cm³/mol. The van der Waals surface area contributed by atoms with E-state index in [0.717, 1.165) is 0 Å². The Kier molecular flexibility index (Phi) is 9.45. The van der Waals surface area contributed by atoms with E-state index < -0.39 is 17.7 Å². The normalized spacial score (nSPS) is 10.9. The van der Waals surface area contributed by atoms with E-state index in [-0.39, 0.29) is 6.61 Å². The van der Waals surface area contributed by atoms with Crippen LogP contribution in [0.4, 0.5) is 4.79 Å². The molecule has 0 radical (unpaired) electrons. The summed E-state index contributed by atoms with van der Waals surface area (Å²) >= 11 is 0. The van der Waals surface area contributed by atoms with Crippen LogP contribution in [0.3, 0.4) is 0 Å². The standard InChI is InChI=1S/C15H27NO5/c1-6-19-11-8-15(4,5)21-14(18)16-9-7-10-20-13(17)12(2)3/h2,6-11H2,1,3-5H3,(H,16,18). The van der Waals surface area contributed by atoms with E-state index in [4.69, 9.17) is 14.2 Å². The Bertz CT molecular complexity index is 352.